The molecule has 1 radical (unpaired) electrons. The number of aliphatic hydroxyl groups is 1. The number of rotatable bonds is 5. The number of carbonyl (C=O) groups is 3. The molecule has 0 unspecified atom stereocenters. The van der Waals surface area contributed by atoms with Gasteiger partial charge in [-0.3, -0.25) is 9.59 Å². The second-order valence-electron chi connectivity index (χ2n) is 3.50. The molecule has 0 aromatic heterocycles. The van der Waals surface area contributed by atoms with Crippen LogP contribution < -0.4 is 0 Å². The lowest BCUT2D eigenvalue weighted by Crippen LogP contribution is -2.20. The minimum absolute atomic E-state index is 0.00579. The van der Waals surface area contributed by atoms with Crippen LogP contribution in [0.5, 0.6) is 0 Å². The summed E-state index contributed by atoms with van der Waals surface area (Å²) in [6.45, 7) is 1.52. The Kier molecular flexibility index (Phi) is 11.0. The van der Waals surface area contributed by atoms with Crippen molar-refractivity contribution in [2.75, 3.05) is 6.61 Å². The zero-order valence-electron chi connectivity index (χ0n) is 11.4. The largest absolute Gasteiger partial charge is 0.503 e. The van der Waals surface area contributed by atoms with Gasteiger partial charge in [-0.2, -0.15) is 0 Å². The average Bonchev–Trinajstić information content (AvgIpc) is 2.49. The van der Waals surface area contributed by atoms with Gasteiger partial charge in [-0.15, -0.1) is 0 Å². The van der Waals surface area contributed by atoms with E-state index in [1.807, 2.05) is 0 Å². The summed E-state index contributed by atoms with van der Waals surface area (Å²) in [5.74, 6) is -3.04. The monoisotopic (exact) mass is 379 g/mol. The van der Waals surface area contributed by atoms with Crippen LogP contribution in [0.15, 0.2) is 41.7 Å². The molecule has 0 bridgehead atoms. The maximum absolute atomic E-state index is 12.1. The van der Waals surface area contributed by atoms with E-state index in [4.69, 9.17) is 31.7 Å². The number of ketones is 1. The maximum atomic E-state index is 12.1. The third-order valence-corrected chi connectivity index (χ3v) is 2.34. The Labute approximate surface area is 146 Å². The van der Waals surface area contributed by atoms with Crippen LogP contribution in [0.3, 0.4) is 0 Å². The molecule has 0 aliphatic rings. The molecule has 0 saturated carbocycles. The van der Waals surface area contributed by atoms with Gasteiger partial charge < -0.3 is 9.84 Å². The van der Waals surface area contributed by atoms with Gasteiger partial charge in [0.25, 0.3) is 5.24 Å². The van der Waals surface area contributed by atoms with E-state index in [2.05, 4.69) is 4.74 Å². The Morgan fingerprint density at radius 3 is 2.09 bits per heavy atom. The summed E-state index contributed by atoms with van der Waals surface area (Å²) in [7, 11) is 9.69. The molecule has 0 spiro atoms. The van der Waals surface area contributed by atoms with Crippen LogP contribution in [0.25, 0.3) is 0 Å². The molecule has 1 rings (SSSR count). The summed E-state index contributed by atoms with van der Waals surface area (Å²) < 4.78 is 4.63. The van der Waals surface area contributed by atoms with Gasteiger partial charge >= 0.3 is 19.3 Å². The quantitative estimate of drug-likeness (QED) is 0.124. The molecular formula is C13H11AlCl3O5. The van der Waals surface area contributed by atoms with Crippen molar-refractivity contribution in [2.24, 2.45) is 0 Å². The van der Waals surface area contributed by atoms with Crippen molar-refractivity contribution >= 4 is 62.1 Å². The van der Waals surface area contributed by atoms with Gasteiger partial charge in [-0.25, -0.2) is 24.9 Å². The van der Waals surface area contributed by atoms with Crippen LogP contribution in [-0.4, -0.2) is 42.1 Å². The third-order valence-electron chi connectivity index (χ3n) is 2.17. The number of hydrogen-bond donors (Lipinski definition) is 1. The molecule has 1 aromatic carbocycles. The Morgan fingerprint density at radius 1 is 1.18 bits per heavy atom. The number of allylic oxidation sites excluding steroid dienone is 1. The van der Waals surface area contributed by atoms with E-state index in [-0.39, 0.29) is 25.5 Å². The molecule has 0 heterocycles. The highest BCUT2D eigenvalue weighted by Gasteiger charge is 2.28. The van der Waals surface area contributed by atoms with Crippen LogP contribution >= 0.6 is 31.7 Å². The Balaban J connectivity index is 0.00000135. The molecule has 0 amide bonds. The van der Waals surface area contributed by atoms with Crippen molar-refractivity contribution < 1.29 is 24.2 Å². The number of carbonyl (C=O) groups excluding carboxylic acids is 3. The van der Waals surface area contributed by atoms with Crippen LogP contribution in [0, 0.1) is 0 Å². The summed E-state index contributed by atoms with van der Waals surface area (Å²) in [5, 5.41) is 8.19. The number of Topliss-reactive ketones (excluding diaryl/α,β-unsaturated/α-hetero) is 1. The Morgan fingerprint density at radius 2 is 1.68 bits per heavy atom. The number of aliphatic hydroxyl groups excluding tert-OH is 1. The average molecular weight is 381 g/mol. The van der Waals surface area contributed by atoms with Gasteiger partial charge in [0.1, 0.15) is 0 Å². The van der Waals surface area contributed by atoms with Crippen LogP contribution in [0.2, 0.25) is 0 Å². The number of hydrogen-bond acceptors (Lipinski definition) is 5. The van der Waals surface area contributed by atoms with Gasteiger partial charge in [0.2, 0.25) is 5.78 Å². The van der Waals surface area contributed by atoms with Gasteiger partial charge in [0.05, 0.1) is 6.61 Å². The molecule has 0 saturated heterocycles. The summed E-state index contributed by atoms with van der Waals surface area (Å²) in [5.41, 5.74) is -0.636. The number of benzene rings is 1. The molecule has 0 fully saturated rings. The predicted molar refractivity (Wildman–Crippen MR) is 85.4 cm³/mol. The lowest BCUT2D eigenvalue weighted by molar-refractivity contribution is -0.138. The minimum Gasteiger partial charge on any atom is -0.503 e. The van der Waals surface area contributed by atoms with E-state index in [9.17, 15) is 19.5 Å². The first-order valence-electron chi connectivity index (χ1n) is 5.82. The molecule has 22 heavy (non-hydrogen) atoms. The predicted octanol–water partition coefficient (Wildman–Crippen LogP) is 3.01. The highest BCUT2D eigenvalue weighted by Crippen LogP contribution is 2.15. The Hall–Kier alpha value is -1.03. The lowest BCUT2D eigenvalue weighted by atomic mass is 10.0. The second-order valence-corrected chi connectivity index (χ2v) is 5.98. The van der Waals surface area contributed by atoms with E-state index in [1.165, 1.54) is 19.1 Å². The van der Waals surface area contributed by atoms with E-state index in [0.29, 0.717) is 0 Å². The zero-order chi connectivity index (χ0) is 17.1. The lowest BCUT2D eigenvalue weighted by Gasteiger charge is -2.07. The molecule has 5 nitrogen and oxygen atoms in total. The van der Waals surface area contributed by atoms with Crippen molar-refractivity contribution in [3.05, 3.63) is 47.2 Å². The first-order valence-corrected chi connectivity index (χ1v) is 9.69. The van der Waals surface area contributed by atoms with E-state index in [1.54, 1.807) is 18.2 Å². The summed E-state index contributed by atoms with van der Waals surface area (Å²) in [6.07, 6.45) is 0. The van der Waals surface area contributed by atoms with Crippen molar-refractivity contribution in [1.29, 1.82) is 0 Å². The van der Waals surface area contributed by atoms with Gasteiger partial charge in [-0.05, 0) is 18.5 Å². The standard InChI is InChI=1S/C13H11ClO5.Al.2ClH/c1-2-19-13(18)9(11(16)12(14)17)10(15)8-6-4-3-5-7-8;;;/h3-7,16H,2H2,1H3;;2*1H/q;+2;;/p-2/b11-9+;;;. The van der Waals surface area contributed by atoms with Gasteiger partial charge in [0.15, 0.2) is 11.3 Å². The third kappa shape index (κ3) is 6.82. The van der Waals surface area contributed by atoms with Crippen LogP contribution in [-0.2, 0) is 14.3 Å². The highest BCUT2D eigenvalue weighted by molar-refractivity contribution is 7.22. The smallest absolute Gasteiger partial charge is 0.495 e. The van der Waals surface area contributed by atoms with Crippen molar-refractivity contribution in [3.8, 4) is 0 Å². The van der Waals surface area contributed by atoms with E-state index in [0.717, 1.165) is 0 Å². The first kappa shape index (κ1) is 21.0. The molecule has 0 aliphatic carbocycles. The first-order chi connectivity index (χ1) is 10.4. The molecule has 1 N–H and O–H groups in total. The molecule has 1 aromatic rings. The topological polar surface area (TPSA) is 80.7 Å². The summed E-state index contributed by atoms with van der Waals surface area (Å²) in [6, 6.07) is 7.71. The van der Waals surface area contributed by atoms with Crippen LogP contribution in [0.1, 0.15) is 17.3 Å². The summed E-state index contributed by atoms with van der Waals surface area (Å²) in [4.78, 5) is 34.6. The minimum atomic E-state index is -1.30. The second kappa shape index (κ2) is 11.5. The molecule has 0 aliphatic heterocycles. The Bertz CT molecular complexity index is 560. The highest BCUT2D eigenvalue weighted by atomic mass is 35.7. The van der Waals surface area contributed by atoms with Crippen molar-refractivity contribution in [3.63, 3.8) is 0 Å². The fourth-order valence-corrected chi connectivity index (χ4v) is 1.43. The maximum Gasteiger partial charge on any atom is 0.495 e. The van der Waals surface area contributed by atoms with Crippen molar-refractivity contribution in [1.82, 2.24) is 0 Å². The summed E-state index contributed by atoms with van der Waals surface area (Å²) >= 11 is 4.79. The fraction of sp³-hybridized carbons (Fsp3) is 0.154. The molecular weight excluding hydrogens is 369 g/mol. The number of halogens is 3. The van der Waals surface area contributed by atoms with Gasteiger partial charge in [-0.1, -0.05) is 30.3 Å². The molecule has 117 valence electrons. The van der Waals surface area contributed by atoms with Gasteiger partial charge in [0, 0.05) is 5.56 Å². The van der Waals surface area contributed by atoms with E-state index >= 15 is 0 Å². The SMILES string of the molecule is CCOC(=O)/C(C(=O)c1ccccc1)=C(/O)C(=O)Cl.[Cl][Al][Cl]. The zero-order valence-corrected chi connectivity index (χ0v) is 14.8. The number of ether oxygens (including phenoxy) is 1. The molecule has 0 atom stereocenters. The van der Waals surface area contributed by atoms with Crippen LogP contribution in [0.4, 0.5) is 0 Å². The van der Waals surface area contributed by atoms with E-state index < -0.39 is 28.3 Å². The van der Waals surface area contributed by atoms with Crippen molar-refractivity contribution in [2.45, 2.75) is 6.92 Å². The normalized spacial score (nSPS) is 10.5. The fourth-order valence-electron chi connectivity index (χ4n) is 1.33. The number of esters is 1. The molecule has 9 heteroatoms.